The van der Waals surface area contributed by atoms with Crippen LogP contribution in [0.1, 0.15) is 17.2 Å². The molecule has 6 N–H and O–H groups in total. The van der Waals surface area contributed by atoms with E-state index in [0.29, 0.717) is 22.9 Å². The maximum Gasteiger partial charge on any atom is 0.132 e. The van der Waals surface area contributed by atoms with Crippen molar-refractivity contribution in [1.82, 2.24) is 15.6 Å². The summed E-state index contributed by atoms with van der Waals surface area (Å²) >= 11 is 0. The summed E-state index contributed by atoms with van der Waals surface area (Å²) in [6.45, 7) is 4.65. The molecule has 0 saturated heterocycles. The molecule has 0 amide bonds. The fourth-order valence-electron chi connectivity index (χ4n) is 2.33. The Bertz CT molecular complexity index is 752. The van der Waals surface area contributed by atoms with Gasteiger partial charge in [0.2, 0.25) is 0 Å². The molecule has 0 aliphatic carbocycles. The van der Waals surface area contributed by atoms with Crippen LogP contribution in [0.4, 0.5) is 5.82 Å². The van der Waals surface area contributed by atoms with E-state index in [1.165, 1.54) is 0 Å². The monoisotopic (exact) mass is 336 g/mol. The molecule has 0 aliphatic rings. The summed E-state index contributed by atoms with van der Waals surface area (Å²) in [5.74, 6) is 0.915. The van der Waals surface area contributed by atoms with E-state index < -0.39 is 0 Å². The van der Waals surface area contributed by atoms with Gasteiger partial charge in [0.05, 0.1) is 17.6 Å². The number of nitrogens with one attached hydrogen (secondary N) is 2. The average Bonchev–Trinajstić information content (AvgIpc) is 2.62. The topological polar surface area (TPSA) is 101 Å². The van der Waals surface area contributed by atoms with Gasteiger partial charge >= 0.3 is 0 Å². The van der Waals surface area contributed by atoms with Crippen molar-refractivity contribution in [3.8, 4) is 0 Å². The van der Waals surface area contributed by atoms with Crippen molar-refractivity contribution in [2.45, 2.75) is 6.04 Å². The molecule has 1 aromatic carbocycles. The average molecular weight is 336 g/mol. The number of anilines is 1. The van der Waals surface area contributed by atoms with Crippen molar-refractivity contribution >= 4 is 17.7 Å². The highest BCUT2D eigenvalue weighted by Gasteiger charge is 2.09. The highest BCUT2D eigenvalue weighted by atomic mass is 15.0. The second-order valence-electron chi connectivity index (χ2n) is 5.45. The smallest absolute Gasteiger partial charge is 0.132 e. The number of rotatable bonds is 8. The van der Waals surface area contributed by atoms with E-state index in [9.17, 15) is 0 Å². The van der Waals surface area contributed by atoms with Gasteiger partial charge in [0.25, 0.3) is 0 Å². The van der Waals surface area contributed by atoms with Crippen LogP contribution in [0.3, 0.4) is 0 Å². The zero-order valence-corrected chi connectivity index (χ0v) is 14.3. The third-order valence-corrected chi connectivity index (χ3v) is 3.58. The lowest BCUT2D eigenvalue weighted by Crippen LogP contribution is -2.32. The minimum Gasteiger partial charge on any atom is -0.385 e. The van der Waals surface area contributed by atoms with Gasteiger partial charge in [-0.15, -0.1) is 0 Å². The maximum atomic E-state index is 6.06. The Morgan fingerprint density at radius 1 is 1.28 bits per heavy atom. The first-order valence-electron chi connectivity index (χ1n) is 7.97. The van der Waals surface area contributed by atoms with Gasteiger partial charge in [-0.25, -0.2) is 4.98 Å². The van der Waals surface area contributed by atoms with E-state index in [4.69, 9.17) is 11.5 Å². The van der Waals surface area contributed by atoms with Gasteiger partial charge in [-0.1, -0.05) is 36.9 Å². The molecule has 0 radical (unpaired) electrons. The van der Waals surface area contributed by atoms with Crippen molar-refractivity contribution in [1.29, 1.82) is 0 Å². The molecular weight excluding hydrogens is 312 g/mol. The standard InChI is InChI=1S/C19H24N6/c1-14(16-9-6-11-24-19(16)21)23-12-10-18(20)25-17(13-22-2)15-7-4-3-5-8-15/h3-12,17,22,25H,1,13,20H2,2H3,(H2,21,24)/b18-10+,23-12-/t17-/m1/s1. The van der Waals surface area contributed by atoms with Gasteiger partial charge in [0.1, 0.15) is 5.82 Å². The van der Waals surface area contributed by atoms with Crippen LogP contribution < -0.4 is 22.1 Å². The summed E-state index contributed by atoms with van der Waals surface area (Å²) in [4.78, 5) is 8.29. The predicted molar refractivity (Wildman–Crippen MR) is 105 cm³/mol. The molecule has 1 atom stereocenters. The first-order chi connectivity index (χ1) is 12.1. The van der Waals surface area contributed by atoms with Crippen LogP contribution in [0.25, 0.3) is 5.70 Å². The first-order valence-corrected chi connectivity index (χ1v) is 7.97. The normalized spacial score (nSPS) is 12.9. The summed E-state index contributed by atoms with van der Waals surface area (Å²) < 4.78 is 0. The van der Waals surface area contributed by atoms with Gasteiger partial charge in [-0.05, 0) is 30.8 Å². The number of nitrogen functional groups attached to an aromatic ring is 1. The minimum absolute atomic E-state index is 0.0630. The number of nitrogens with zero attached hydrogens (tertiary/aromatic N) is 2. The van der Waals surface area contributed by atoms with Crippen LogP contribution in [-0.4, -0.2) is 24.8 Å². The number of likely N-dealkylation sites (N-methyl/N-ethyl adjacent to an activating group) is 1. The lowest BCUT2D eigenvalue weighted by atomic mass is 10.1. The summed E-state index contributed by atoms with van der Waals surface area (Å²) in [6, 6.07) is 13.8. The number of hydrogen-bond donors (Lipinski definition) is 4. The Morgan fingerprint density at radius 3 is 2.72 bits per heavy atom. The van der Waals surface area contributed by atoms with Crippen molar-refractivity contribution < 1.29 is 0 Å². The van der Waals surface area contributed by atoms with Gasteiger partial charge in [0.15, 0.2) is 0 Å². The van der Waals surface area contributed by atoms with E-state index in [-0.39, 0.29) is 6.04 Å². The van der Waals surface area contributed by atoms with Crippen LogP contribution in [0, 0.1) is 0 Å². The van der Waals surface area contributed by atoms with E-state index in [0.717, 1.165) is 12.1 Å². The van der Waals surface area contributed by atoms with Crippen LogP contribution in [0.5, 0.6) is 0 Å². The van der Waals surface area contributed by atoms with E-state index in [2.05, 4.69) is 39.3 Å². The molecule has 0 fully saturated rings. The second-order valence-corrected chi connectivity index (χ2v) is 5.45. The zero-order chi connectivity index (χ0) is 18.1. The van der Waals surface area contributed by atoms with Crippen LogP contribution in [0.2, 0.25) is 0 Å². The van der Waals surface area contributed by atoms with E-state index in [1.54, 1.807) is 24.6 Å². The Hall–Kier alpha value is -3.12. The summed E-state index contributed by atoms with van der Waals surface area (Å²) in [5, 5.41) is 6.44. The number of benzene rings is 1. The van der Waals surface area contributed by atoms with E-state index in [1.807, 2.05) is 31.3 Å². The number of aromatic nitrogens is 1. The van der Waals surface area contributed by atoms with Crippen LogP contribution in [0.15, 0.2) is 72.1 Å². The molecule has 6 heteroatoms. The molecule has 130 valence electrons. The van der Waals surface area contributed by atoms with Gasteiger partial charge < -0.3 is 22.1 Å². The Morgan fingerprint density at radius 2 is 2.04 bits per heavy atom. The predicted octanol–water partition coefficient (Wildman–Crippen LogP) is 2.06. The SMILES string of the molecule is C=C(/N=C\C=C(/N)N[C@H](CNC)c1ccccc1)c1cccnc1N. The summed E-state index contributed by atoms with van der Waals surface area (Å²) in [7, 11) is 1.90. The van der Waals surface area contributed by atoms with Crippen molar-refractivity contribution in [2.75, 3.05) is 19.3 Å². The maximum absolute atomic E-state index is 6.06. The van der Waals surface area contributed by atoms with Crippen molar-refractivity contribution in [3.05, 3.63) is 78.3 Å². The van der Waals surface area contributed by atoms with Gasteiger partial charge in [-0.3, -0.25) is 4.99 Å². The number of pyridine rings is 1. The van der Waals surface area contributed by atoms with Crippen molar-refractivity contribution in [2.24, 2.45) is 10.7 Å². The lowest BCUT2D eigenvalue weighted by Gasteiger charge is -2.20. The largest absolute Gasteiger partial charge is 0.385 e. The molecule has 0 unspecified atom stereocenters. The van der Waals surface area contributed by atoms with E-state index >= 15 is 0 Å². The fourth-order valence-corrected chi connectivity index (χ4v) is 2.33. The first kappa shape index (κ1) is 18.2. The molecule has 6 nitrogen and oxygen atoms in total. The zero-order valence-electron chi connectivity index (χ0n) is 14.3. The third-order valence-electron chi connectivity index (χ3n) is 3.58. The Kier molecular flexibility index (Phi) is 6.74. The second kappa shape index (κ2) is 9.24. The van der Waals surface area contributed by atoms with Crippen LogP contribution in [-0.2, 0) is 0 Å². The van der Waals surface area contributed by atoms with Gasteiger partial charge in [0, 0.05) is 24.5 Å². The summed E-state index contributed by atoms with van der Waals surface area (Å²) in [6.07, 6.45) is 4.92. The molecular formula is C19H24N6. The van der Waals surface area contributed by atoms with Crippen molar-refractivity contribution in [3.63, 3.8) is 0 Å². The quantitative estimate of drug-likeness (QED) is 0.553. The molecule has 2 rings (SSSR count). The highest BCUT2D eigenvalue weighted by Crippen LogP contribution is 2.18. The van der Waals surface area contributed by atoms with Gasteiger partial charge in [-0.2, -0.15) is 0 Å². The number of hydrogen-bond acceptors (Lipinski definition) is 6. The highest BCUT2D eigenvalue weighted by molar-refractivity contribution is 5.81. The molecule has 0 aliphatic heterocycles. The molecule has 25 heavy (non-hydrogen) atoms. The molecule has 1 heterocycles. The Labute approximate surface area is 148 Å². The number of aliphatic imine (C=N–C) groups is 1. The fraction of sp³-hybridized carbons (Fsp3) is 0.158. The lowest BCUT2D eigenvalue weighted by molar-refractivity contribution is 0.558. The summed E-state index contributed by atoms with van der Waals surface area (Å²) in [5.41, 5.74) is 14.3. The molecule has 1 aromatic heterocycles. The minimum atomic E-state index is 0.0630. The number of allylic oxidation sites excluding steroid dienone is 1. The molecule has 0 spiro atoms. The Balaban J connectivity index is 2.02. The molecule has 2 aromatic rings. The number of nitrogens with two attached hydrogens (primary N) is 2. The molecule has 0 saturated carbocycles. The van der Waals surface area contributed by atoms with Crippen LogP contribution >= 0.6 is 0 Å². The third kappa shape index (κ3) is 5.47. The molecule has 0 bridgehead atoms.